The molecule has 0 amide bonds. The van der Waals surface area contributed by atoms with Gasteiger partial charge in [-0.3, -0.25) is 0 Å². The highest BCUT2D eigenvalue weighted by atomic mass is 35.5. The molecule has 0 saturated heterocycles. The Morgan fingerprint density at radius 1 is 1.20 bits per heavy atom. The Kier molecular flexibility index (Phi) is 4.74. The van der Waals surface area contributed by atoms with Crippen LogP contribution in [0.5, 0.6) is 5.75 Å². The maximum absolute atomic E-state index is 14.1. The summed E-state index contributed by atoms with van der Waals surface area (Å²) in [5.41, 5.74) is -3.22. The number of benzene rings is 2. The highest BCUT2D eigenvalue weighted by molar-refractivity contribution is 6.32. The average Bonchev–Trinajstić information content (AvgIpc) is 2.67. The van der Waals surface area contributed by atoms with Gasteiger partial charge in [-0.05, 0) is 42.2 Å². The van der Waals surface area contributed by atoms with E-state index in [-0.39, 0.29) is 33.0 Å². The van der Waals surface area contributed by atoms with Gasteiger partial charge in [-0.15, -0.1) is 0 Å². The number of aromatic hydroxyl groups is 1. The first-order chi connectivity index (χ1) is 14.0. The average molecular weight is 440 g/mol. The van der Waals surface area contributed by atoms with Crippen molar-refractivity contribution in [1.29, 1.82) is 0 Å². The molecule has 4 rings (SSSR count). The Balaban J connectivity index is 1.94. The summed E-state index contributed by atoms with van der Waals surface area (Å²) in [6, 6.07) is 6.95. The van der Waals surface area contributed by atoms with Gasteiger partial charge in [-0.2, -0.15) is 13.2 Å². The number of hydrogen-bond donors (Lipinski definition) is 3. The molecule has 0 spiro atoms. The van der Waals surface area contributed by atoms with Crippen molar-refractivity contribution in [2.75, 3.05) is 5.32 Å². The van der Waals surface area contributed by atoms with Gasteiger partial charge in [-0.1, -0.05) is 30.7 Å². The van der Waals surface area contributed by atoms with Crippen LogP contribution in [0.3, 0.4) is 0 Å². The topological polar surface area (TPSA) is 82.7 Å². The summed E-state index contributed by atoms with van der Waals surface area (Å²) in [6.45, 7) is 1.49. The zero-order valence-corrected chi connectivity index (χ0v) is 16.4. The third kappa shape index (κ3) is 3.02. The van der Waals surface area contributed by atoms with E-state index in [0.29, 0.717) is 5.39 Å². The molecule has 1 unspecified atom stereocenters. The minimum atomic E-state index is -4.96. The van der Waals surface area contributed by atoms with Gasteiger partial charge < -0.3 is 19.9 Å². The minimum absolute atomic E-state index is 0.0135. The van der Waals surface area contributed by atoms with Crippen LogP contribution in [0.15, 0.2) is 51.9 Å². The van der Waals surface area contributed by atoms with Crippen molar-refractivity contribution in [1.82, 2.24) is 0 Å². The first-order valence-electron chi connectivity index (χ1n) is 9.12. The van der Waals surface area contributed by atoms with E-state index in [1.165, 1.54) is 43.3 Å². The Morgan fingerprint density at radius 3 is 2.63 bits per heavy atom. The van der Waals surface area contributed by atoms with E-state index in [1.54, 1.807) is 0 Å². The molecular weight excluding hydrogens is 423 g/mol. The predicted molar refractivity (Wildman–Crippen MR) is 106 cm³/mol. The molecular formula is C21H17ClF3NO4. The number of rotatable bonds is 2. The highest BCUT2D eigenvalue weighted by Crippen LogP contribution is 2.55. The Bertz CT molecular complexity index is 1190. The SMILES string of the molecule is C[C@@H]1C[C@@](O)(C(F)(F)F)C(Nc2cccc3c(=O)occc23)c2ccc(Cl)c(O)c21. The van der Waals surface area contributed by atoms with Crippen molar-refractivity contribution in [2.24, 2.45) is 0 Å². The molecule has 2 aromatic carbocycles. The first-order valence-corrected chi connectivity index (χ1v) is 9.50. The van der Waals surface area contributed by atoms with Crippen molar-refractivity contribution in [3.63, 3.8) is 0 Å². The second-order valence-corrected chi connectivity index (χ2v) is 7.89. The summed E-state index contributed by atoms with van der Waals surface area (Å²) in [7, 11) is 0. The quantitative estimate of drug-likeness (QED) is 0.517. The molecule has 3 N–H and O–H groups in total. The van der Waals surface area contributed by atoms with E-state index in [2.05, 4.69) is 5.32 Å². The lowest BCUT2D eigenvalue weighted by molar-refractivity contribution is -0.272. The number of aliphatic hydroxyl groups is 1. The minimum Gasteiger partial charge on any atom is -0.506 e. The molecule has 0 aliphatic heterocycles. The lowest BCUT2D eigenvalue weighted by Crippen LogP contribution is -2.55. The Labute approximate surface area is 173 Å². The highest BCUT2D eigenvalue weighted by Gasteiger charge is 2.62. The predicted octanol–water partition coefficient (Wildman–Crippen LogP) is 5.11. The van der Waals surface area contributed by atoms with Crippen LogP contribution < -0.4 is 10.9 Å². The Hall–Kier alpha value is -2.71. The molecule has 1 aliphatic rings. The van der Waals surface area contributed by atoms with Crippen LogP contribution in [0.1, 0.15) is 36.4 Å². The van der Waals surface area contributed by atoms with E-state index in [9.17, 15) is 28.2 Å². The number of fused-ring (bicyclic) bond motifs is 2. The lowest BCUT2D eigenvalue weighted by Gasteiger charge is -2.45. The molecule has 9 heteroatoms. The van der Waals surface area contributed by atoms with Crippen LogP contribution in [0.2, 0.25) is 5.02 Å². The standard InChI is InChI=1S/C21H17ClF3NO4/c1-10-9-20(29,21(23,24)25)18(13-5-6-14(22)17(27)16(10)13)26-15-4-2-3-12-11(15)7-8-30-19(12)28/h2-8,10,18,26-27,29H,9H2,1H3/t10-,18?,20+/m1/s1. The molecule has 3 aromatic rings. The van der Waals surface area contributed by atoms with E-state index < -0.39 is 35.8 Å². The zero-order valence-electron chi connectivity index (χ0n) is 15.6. The maximum atomic E-state index is 14.1. The van der Waals surface area contributed by atoms with Crippen molar-refractivity contribution in [2.45, 2.75) is 37.1 Å². The molecule has 30 heavy (non-hydrogen) atoms. The van der Waals surface area contributed by atoms with Gasteiger partial charge in [0, 0.05) is 16.6 Å². The third-order valence-corrected chi connectivity index (χ3v) is 5.93. The zero-order chi connectivity index (χ0) is 21.8. The normalized spacial score (nSPS) is 23.9. The largest absolute Gasteiger partial charge is 0.506 e. The number of halogens is 4. The van der Waals surface area contributed by atoms with Gasteiger partial charge in [0.05, 0.1) is 22.7 Å². The summed E-state index contributed by atoms with van der Waals surface area (Å²) >= 11 is 5.98. The molecule has 158 valence electrons. The molecule has 0 saturated carbocycles. The summed E-state index contributed by atoms with van der Waals surface area (Å²) in [4.78, 5) is 12.0. The summed E-state index contributed by atoms with van der Waals surface area (Å²) in [5.74, 6) is -1.11. The number of phenols is 1. The van der Waals surface area contributed by atoms with Crippen LogP contribution >= 0.6 is 11.6 Å². The van der Waals surface area contributed by atoms with Crippen LogP contribution in [-0.2, 0) is 0 Å². The number of phenolic OH excluding ortho intramolecular Hbond substituents is 1. The van der Waals surface area contributed by atoms with Gasteiger partial charge >= 0.3 is 11.8 Å². The Morgan fingerprint density at radius 2 is 1.93 bits per heavy atom. The second kappa shape index (κ2) is 6.92. The van der Waals surface area contributed by atoms with Crippen molar-refractivity contribution in [3.05, 3.63) is 69.2 Å². The van der Waals surface area contributed by atoms with Crippen molar-refractivity contribution >= 4 is 28.1 Å². The molecule has 5 nitrogen and oxygen atoms in total. The fraction of sp³-hybridized carbons (Fsp3) is 0.286. The fourth-order valence-electron chi connectivity index (χ4n) is 4.22. The van der Waals surface area contributed by atoms with Gasteiger partial charge in [0.1, 0.15) is 5.75 Å². The van der Waals surface area contributed by atoms with Crippen LogP contribution in [0.4, 0.5) is 18.9 Å². The molecule has 3 atom stereocenters. The van der Waals surface area contributed by atoms with E-state index in [4.69, 9.17) is 16.0 Å². The van der Waals surface area contributed by atoms with E-state index in [1.807, 2.05) is 0 Å². The molecule has 0 bridgehead atoms. The van der Waals surface area contributed by atoms with Crippen molar-refractivity contribution in [3.8, 4) is 5.75 Å². The third-order valence-electron chi connectivity index (χ3n) is 5.63. The van der Waals surface area contributed by atoms with Gasteiger partial charge in [0.25, 0.3) is 0 Å². The monoisotopic (exact) mass is 439 g/mol. The number of alkyl halides is 3. The van der Waals surface area contributed by atoms with Crippen LogP contribution in [-0.4, -0.2) is 22.0 Å². The van der Waals surface area contributed by atoms with Crippen molar-refractivity contribution < 1.29 is 27.8 Å². The van der Waals surface area contributed by atoms with Gasteiger partial charge in [-0.25, -0.2) is 4.79 Å². The smallest absolute Gasteiger partial charge is 0.419 e. The number of nitrogens with one attached hydrogen (secondary N) is 1. The molecule has 0 fully saturated rings. The summed E-state index contributed by atoms with van der Waals surface area (Å²) in [5, 5.41) is 24.6. The van der Waals surface area contributed by atoms with E-state index in [0.717, 1.165) is 6.26 Å². The number of hydrogen-bond acceptors (Lipinski definition) is 5. The van der Waals surface area contributed by atoms with Gasteiger partial charge in [0.15, 0.2) is 5.60 Å². The molecule has 1 aliphatic carbocycles. The maximum Gasteiger partial charge on any atom is 0.419 e. The fourth-order valence-corrected chi connectivity index (χ4v) is 4.38. The number of anilines is 1. The van der Waals surface area contributed by atoms with Crippen LogP contribution in [0, 0.1) is 0 Å². The molecule has 0 radical (unpaired) electrons. The second-order valence-electron chi connectivity index (χ2n) is 7.48. The summed E-state index contributed by atoms with van der Waals surface area (Å²) < 4.78 is 47.0. The van der Waals surface area contributed by atoms with Crippen LogP contribution in [0.25, 0.3) is 10.8 Å². The van der Waals surface area contributed by atoms with Gasteiger partial charge in [0.2, 0.25) is 0 Å². The molecule has 1 aromatic heterocycles. The van der Waals surface area contributed by atoms with E-state index >= 15 is 0 Å². The lowest BCUT2D eigenvalue weighted by atomic mass is 9.70. The first kappa shape index (κ1) is 20.6. The summed E-state index contributed by atoms with van der Waals surface area (Å²) in [6.07, 6.45) is -4.49. The molecule has 1 heterocycles.